The van der Waals surface area contributed by atoms with Gasteiger partial charge in [0.2, 0.25) is 0 Å². The minimum atomic E-state index is -0.178. The van der Waals surface area contributed by atoms with E-state index < -0.39 is 0 Å². The highest BCUT2D eigenvalue weighted by Crippen LogP contribution is 2.19. The predicted molar refractivity (Wildman–Crippen MR) is 77.8 cm³/mol. The molecule has 0 aliphatic rings. The molecule has 0 bridgehead atoms. The van der Waals surface area contributed by atoms with E-state index in [-0.39, 0.29) is 5.91 Å². The van der Waals surface area contributed by atoms with Gasteiger partial charge in [0.05, 0.1) is 5.39 Å². The van der Waals surface area contributed by atoms with Crippen molar-refractivity contribution in [3.05, 3.63) is 53.2 Å². The highest BCUT2D eigenvalue weighted by Gasteiger charge is 2.11. The van der Waals surface area contributed by atoms with E-state index in [0.717, 1.165) is 16.6 Å². The Labute approximate surface area is 116 Å². The van der Waals surface area contributed by atoms with E-state index in [4.69, 9.17) is 0 Å². The van der Waals surface area contributed by atoms with Gasteiger partial charge in [-0.15, -0.1) is 0 Å². The summed E-state index contributed by atoms with van der Waals surface area (Å²) in [6.45, 7) is 3.86. The van der Waals surface area contributed by atoms with Crippen molar-refractivity contribution in [2.24, 2.45) is 0 Å². The van der Waals surface area contributed by atoms with E-state index in [0.29, 0.717) is 17.0 Å². The maximum Gasteiger partial charge on any atom is 0.256 e. The van der Waals surface area contributed by atoms with Crippen LogP contribution in [0.3, 0.4) is 0 Å². The van der Waals surface area contributed by atoms with Crippen molar-refractivity contribution in [1.82, 2.24) is 15.2 Å². The number of aryl methyl sites for hydroxylation is 2. The molecule has 0 saturated heterocycles. The van der Waals surface area contributed by atoms with Crippen molar-refractivity contribution in [3.63, 3.8) is 0 Å². The lowest BCUT2D eigenvalue weighted by atomic mass is 10.1. The molecule has 0 radical (unpaired) electrons. The largest absolute Gasteiger partial charge is 0.305 e. The molecule has 1 amide bonds. The Hall–Kier alpha value is -2.69. The van der Waals surface area contributed by atoms with Crippen LogP contribution < -0.4 is 5.32 Å². The molecular formula is C15H14N4O. The minimum absolute atomic E-state index is 0.178. The number of rotatable bonds is 2. The summed E-state index contributed by atoms with van der Waals surface area (Å²) in [7, 11) is 0. The van der Waals surface area contributed by atoms with Crippen LogP contribution >= 0.6 is 0 Å². The van der Waals surface area contributed by atoms with Crippen LogP contribution in [0, 0.1) is 13.8 Å². The number of fused-ring (bicyclic) bond motifs is 1. The number of anilines is 1. The predicted octanol–water partition coefficient (Wildman–Crippen LogP) is 2.83. The molecule has 0 aliphatic carbocycles. The van der Waals surface area contributed by atoms with E-state index in [1.54, 1.807) is 6.07 Å². The first-order valence-electron chi connectivity index (χ1n) is 6.33. The van der Waals surface area contributed by atoms with Crippen molar-refractivity contribution < 1.29 is 4.79 Å². The summed E-state index contributed by atoms with van der Waals surface area (Å²) < 4.78 is 0. The molecule has 0 unspecified atom stereocenters. The van der Waals surface area contributed by atoms with E-state index in [9.17, 15) is 4.79 Å². The lowest BCUT2D eigenvalue weighted by Gasteiger charge is -2.03. The van der Waals surface area contributed by atoms with Crippen LogP contribution in [0.2, 0.25) is 0 Å². The summed E-state index contributed by atoms with van der Waals surface area (Å²) in [5.74, 6) is 0.321. The smallest absolute Gasteiger partial charge is 0.256 e. The molecule has 0 aliphatic heterocycles. The number of H-pyrrole nitrogens is 1. The van der Waals surface area contributed by atoms with Crippen molar-refractivity contribution in [1.29, 1.82) is 0 Å². The summed E-state index contributed by atoms with van der Waals surface area (Å²) in [5, 5.41) is 10.5. The fourth-order valence-electron chi connectivity index (χ4n) is 2.06. The Balaban J connectivity index is 1.91. The molecule has 2 heterocycles. The molecule has 0 saturated carbocycles. The van der Waals surface area contributed by atoms with Gasteiger partial charge in [0.15, 0.2) is 11.5 Å². The van der Waals surface area contributed by atoms with Gasteiger partial charge in [0.25, 0.3) is 5.91 Å². The molecule has 3 aromatic rings. The number of amides is 1. The molecule has 2 aromatic heterocycles. The Bertz CT molecular complexity index is 791. The van der Waals surface area contributed by atoms with Gasteiger partial charge in [-0.3, -0.25) is 9.89 Å². The Morgan fingerprint density at radius 2 is 2.05 bits per heavy atom. The number of nitrogens with zero attached hydrogens (tertiary/aromatic N) is 2. The summed E-state index contributed by atoms with van der Waals surface area (Å²) in [6.07, 6.45) is 0. The summed E-state index contributed by atoms with van der Waals surface area (Å²) in [6, 6.07) is 11.2. The molecule has 0 fully saturated rings. The van der Waals surface area contributed by atoms with E-state index in [1.165, 1.54) is 0 Å². The van der Waals surface area contributed by atoms with Crippen LogP contribution in [0.15, 0.2) is 36.4 Å². The van der Waals surface area contributed by atoms with Crippen LogP contribution in [0.25, 0.3) is 11.0 Å². The zero-order valence-corrected chi connectivity index (χ0v) is 11.3. The van der Waals surface area contributed by atoms with E-state index in [2.05, 4.69) is 20.5 Å². The van der Waals surface area contributed by atoms with Crippen LogP contribution in [-0.2, 0) is 0 Å². The number of carbonyl (C=O) groups excluding carboxylic acids is 1. The highest BCUT2D eigenvalue weighted by atomic mass is 16.1. The summed E-state index contributed by atoms with van der Waals surface area (Å²) in [5.41, 5.74) is 3.23. The minimum Gasteiger partial charge on any atom is -0.305 e. The van der Waals surface area contributed by atoms with Gasteiger partial charge in [0, 0.05) is 11.3 Å². The fraction of sp³-hybridized carbons (Fsp3) is 0.133. The third-order valence-corrected chi connectivity index (χ3v) is 3.08. The Morgan fingerprint density at radius 3 is 2.85 bits per heavy atom. The maximum atomic E-state index is 12.2. The molecule has 0 spiro atoms. The fourth-order valence-corrected chi connectivity index (χ4v) is 2.06. The molecule has 3 rings (SSSR count). The van der Waals surface area contributed by atoms with Gasteiger partial charge in [-0.2, -0.15) is 5.10 Å². The van der Waals surface area contributed by atoms with Gasteiger partial charge in [-0.25, -0.2) is 4.98 Å². The number of pyridine rings is 1. The summed E-state index contributed by atoms with van der Waals surface area (Å²) >= 11 is 0. The third-order valence-electron chi connectivity index (χ3n) is 3.08. The van der Waals surface area contributed by atoms with Gasteiger partial charge in [-0.05, 0) is 38.1 Å². The Kier molecular flexibility index (Phi) is 2.95. The van der Waals surface area contributed by atoms with Crippen molar-refractivity contribution in [3.8, 4) is 0 Å². The average molecular weight is 266 g/mol. The molecule has 5 nitrogen and oxygen atoms in total. The number of aromatic amines is 1. The first kappa shape index (κ1) is 12.3. The maximum absolute atomic E-state index is 12.2. The zero-order chi connectivity index (χ0) is 14.1. The average Bonchev–Trinajstić information content (AvgIpc) is 2.81. The van der Waals surface area contributed by atoms with Gasteiger partial charge < -0.3 is 5.32 Å². The molecular weight excluding hydrogens is 252 g/mol. The van der Waals surface area contributed by atoms with Crippen LogP contribution in [0.1, 0.15) is 21.6 Å². The first-order valence-corrected chi connectivity index (χ1v) is 6.33. The quantitative estimate of drug-likeness (QED) is 0.749. The van der Waals surface area contributed by atoms with E-state index in [1.807, 2.05) is 44.2 Å². The van der Waals surface area contributed by atoms with E-state index >= 15 is 0 Å². The number of aromatic nitrogens is 3. The lowest BCUT2D eigenvalue weighted by molar-refractivity contribution is 0.102. The second-order valence-corrected chi connectivity index (χ2v) is 4.74. The van der Waals surface area contributed by atoms with Gasteiger partial charge in [-0.1, -0.05) is 17.7 Å². The van der Waals surface area contributed by atoms with Crippen LogP contribution in [-0.4, -0.2) is 21.1 Å². The van der Waals surface area contributed by atoms with Crippen molar-refractivity contribution in [2.75, 3.05) is 5.32 Å². The van der Waals surface area contributed by atoms with Crippen LogP contribution in [0.5, 0.6) is 0 Å². The second kappa shape index (κ2) is 4.77. The monoisotopic (exact) mass is 266 g/mol. The molecule has 1 aromatic carbocycles. The molecule has 0 atom stereocenters. The standard InChI is InChI=1S/C15H14N4O/c1-9-4-3-5-11(8-9)15(20)17-14-12-7-6-10(2)16-13(12)18-19-14/h3-8H,1-2H3,(H2,16,17,18,19,20). The van der Waals surface area contributed by atoms with Crippen LogP contribution in [0.4, 0.5) is 5.82 Å². The number of carbonyl (C=O) groups is 1. The number of nitrogens with one attached hydrogen (secondary N) is 2. The highest BCUT2D eigenvalue weighted by molar-refractivity contribution is 6.07. The topological polar surface area (TPSA) is 70.7 Å². The molecule has 5 heteroatoms. The Morgan fingerprint density at radius 1 is 1.20 bits per heavy atom. The first-order chi connectivity index (χ1) is 9.63. The summed E-state index contributed by atoms with van der Waals surface area (Å²) in [4.78, 5) is 16.5. The van der Waals surface area contributed by atoms with Crippen molar-refractivity contribution in [2.45, 2.75) is 13.8 Å². The molecule has 20 heavy (non-hydrogen) atoms. The number of hydrogen-bond acceptors (Lipinski definition) is 3. The van der Waals surface area contributed by atoms with Crippen molar-refractivity contribution >= 4 is 22.8 Å². The number of benzene rings is 1. The normalized spacial score (nSPS) is 10.7. The lowest BCUT2D eigenvalue weighted by Crippen LogP contribution is -2.12. The second-order valence-electron chi connectivity index (χ2n) is 4.74. The SMILES string of the molecule is Cc1cccc(C(=O)Nc2n[nH]c3nc(C)ccc23)c1. The molecule has 100 valence electrons. The molecule has 2 N–H and O–H groups in total. The zero-order valence-electron chi connectivity index (χ0n) is 11.3. The van der Waals surface area contributed by atoms with Gasteiger partial charge in [0.1, 0.15) is 0 Å². The van der Waals surface area contributed by atoms with Gasteiger partial charge >= 0.3 is 0 Å². The number of hydrogen-bond donors (Lipinski definition) is 2. The third kappa shape index (κ3) is 2.25.